The molecule has 2 aromatic carbocycles. The van der Waals surface area contributed by atoms with Crippen LogP contribution in [0.5, 0.6) is 0 Å². The normalized spacial score (nSPS) is 11.3. The van der Waals surface area contributed by atoms with Crippen LogP contribution < -0.4 is 5.32 Å². The number of pyridine rings is 1. The van der Waals surface area contributed by atoms with Gasteiger partial charge in [-0.25, -0.2) is 9.67 Å². The second-order valence-electron chi connectivity index (χ2n) is 8.59. The lowest BCUT2D eigenvalue weighted by atomic mass is 10.00. The van der Waals surface area contributed by atoms with Crippen LogP contribution in [-0.4, -0.2) is 20.7 Å². The first-order valence-corrected chi connectivity index (χ1v) is 11.2. The van der Waals surface area contributed by atoms with Crippen LogP contribution in [0, 0.1) is 13.8 Å². The van der Waals surface area contributed by atoms with E-state index in [0.717, 1.165) is 45.5 Å². The molecule has 0 spiro atoms. The van der Waals surface area contributed by atoms with Crippen molar-refractivity contribution < 1.29 is 4.79 Å². The van der Waals surface area contributed by atoms with Crippen LogP contribution in [0.15, 0.2) is 60.8 Å². The second kappa shape index (κ2) is 9.35. The van der Waals surface area contributed by atoms with Crippen LogP contribution in [-0.2, 0) is 17.6 Å². The SMILES string of the molecule is Cc1nc2c(cnn2C(C)C)c(C)c1CCC(=O)Nc1ccccc1Cc1ccccc1. The third kappa shape index (κ3) is 4.57. The molecule has 4 rings (SSSR count). The number of fused-ring (bicyclic) bond motifs is 1. The van der Waals surface area contributed by atoms with Crippen molar-refractivity contribution in [2.24, 2.45) is 0 Å². The second-order valence-corrected chi connectivity index (χ2v) is 8.59. The molecule has 0 unspecified atom stereocenters. The van der Waals surface area contributed by atoms with Crippen LogP contribution in [0.25, 0.3) is 11.0 Å². The van der Waals surface area contributed by atoms with E-state index in [1.807, 2.05) is 54.2 Å². The highest BCUT2D eigenvalue weighted by Crippen LogP contribution is 2.26. The Morgan fingerprint density at radius 1 is 1.03 bits per heavy atom. The average molecular weight is 427 g/mol. The van der Waals surface area contributed by atoms with Crippen molar-refractivity contribution in [1.82, 2.24) is 14.8 Å². The zero-order chi connectivity index (χ0) is 22.7. The number of aromatic nitrogens is 3. The van der Waals surface area contributed by atoms with Crippen molar-refractivity contribution >= 4 is 22.6 Å². The minimum atomic E-state index is 0.0160. The molecule has 0 saturated carbocycles. The number of carbonyl (C=O) groups excluding carboxylic acids is 1. The Morgan fingerprint density at radius 3 is 2.50 bits per heavy atom. The highest BCUT2D eigenvalue weighted by molar-refractivity contribution is 5.92. The number of rotatable bonds is 7. The monoisotopic (exact) mass is 426 g/mol. The fraction of sp³-hybridized carbons (Fsp3) is 0.296. The van der Waals surface area contributed by atoms with Gasteiger partial charge in [-0.15, -0.1) is 0 Å². The summed E-state index contributed by atoms with van der Waals surface area (Å²) < 4.78 is 1.95. The lowest BCUT2D eigenvalue weighted by Gasteiger charge is -2.14. The number of hydrogen-bond acceptors (Lipinski definition) is 3. The molecule has 5 nitrogen and oxygen atoms in total. The van der Waals surface area contributed by atoms with Gasteiger partial charge in [0.05, 0.1) is 6.20 Å². The summed E-state index contributed by atoms with van der Waals surface area (Å²) in [5.74, 6) is 0.0160. The largest absolute Gasteiger partial charge is 0.326 e. The number of benzene rings is 2. The van der Waals surface area contributed by atoms with E-state index in [-0.39, 0.29) is 11.9 Å². The van der Waals surface area contributed by atoms with Gasteiger partial charge < -0.3 is 5.32 Å². The average Bonchev–Trinajstić information content (AvgIpc) is 3.20. The van der Waals surface area contributed by atoms with E-state index in [1.54, 1.807) is 0 Å². The molecular formula is C27H30N4O. The van der Waals surface area contributed by atoms with E-state index < -0.39 is 0 Å². The Labute approximate surface area is 189 Å². The summed E-state index contributed by atoms with van der Waals surface area (Å²) in [4.78, 5) is 17.6. The molecule has 0 saturated heterocycles. The molecule has 0 aliphatic heterocycles. The van der Waals surface area contributed by atoms with Gasteiger partial charge in [-0.1, -0.05) is 48.5 Å². The number of para-hydroxylation sites is 1. The Bertz CT molecular complexity index is 1240. The number of carbonyl (C=O) groups is 1. The van der Waals surface area contributed by atoms with Crippen LogP contribution >= 0.6 is 0 Å². The molecule has 32 heavy (non-hydrogen) atoms. The molecular weight excluding hydrogens is 396 g/mol. The quantitative estimate of drug-likeness (QED) is 0.407. The third-order valence-corrected chi connectivity index (χ3v) is 5.96. The van der Waals surface area contributed by atoms with E-state index in [2.05, 4.69) is 49.4 Å². The van der Waals surface area contributed by atoms with Crippen molar-refractivity contribution in [3.63, 3.8) is 0 Å². The molecule has 0 aliphatic rings. The fourth-order valence-corrected chi connectivity index (χ4v) is 4.20. The van der Waals surface area contributed by atoms with Gasteiger partial charge in [0, 0.05) is 29.2 Å². The molecule has 4 aromatic rings. The van der Waals surface area contributed by atoms with Crippen molar-refractivity contribution in [2.45, 2.75) is 53.0 Å². The van der Waals surface area contributed by atoms with Crippen molar-refractivity contribution in [2.75, 3.05) is 5.32 Å². The molecule has 2 heterocycles. The maximum atomic E-state index is 12.8. The van der Waals surface area contributed by atoms with Gasteiger partial charge in [0.1, 0.15) is 0 Å². The van der Waals surface area contributed by atoms with Crippen LogP contribution in [0.1, 0.15) is 54.3 Å². The summed E-state index contributed by atoms with van der Waals surface area (Å²) in [7, 11) is 0. The number of hydrogen-bond donors (Lipinski definition) is 1. The number of amides is 1. The highest BCUT2D eigenvalue weighted by atomic mass is 16.1. The van der Waals surface area contributed by atoms with E-state index in [1.165, 1.54) is 5.56 Å². The zero-order valence-electron chi connectivity index (χ0n) is 19.2. The van der Waals surface area contributed by atoms with Crippen molar-refractivity contribution in [3.05, 3.63) is 88.7 Å². The number of anilines is 1. The van der Waals surface area contributed by atoms with Gasteiger partial charge in [0.15, 0.2) is 5.65 Å². The van der Waals surface area contributed by atoms with Gasteiger partial charge in [-0.05, 0) is 68.9 Å². The molecule has 2 aromatic heterocycles. The highest BCUT2D eigenvalue weighted by Gasteiger charge is 2.16. The van der Waals surface area contributed by atoms with E-state index in [4.69, 9.17) is 4.98 Å². The summed E-state index contributed by atoms with van der Waals surface area (Å²) in [6.45, 7) is 8.33. The van der Waals surface area contributed by atoms with Crippen LogP contribution in [0.2, 0.25) is 0 Å². The molecule has 0 radical (unpaired) electrons. The van der Waals surface area contributed by atoms with Gasteiger partial charge >= 0.3 is 0 Å². The third-order valence-electron chi connectivity index (χ3n) is 5.96. The van der Waals surface area contributed by atoms with Crippen molar-refractivity contribution in [1.29, 1.82) is 0 Å². The molecule has 0 atom stereocenters. The number of nitrogens with one attached hydrogen (secondary N) is 1. The van der Waals surface area contributed by atoms with E-state index in [0.29, 0.717) is 12.8 Å². The minimum absolute atomic E-state index is 0.0160. The predicted octanol–water partition coefficient (Wildman–Crippen LogP) is 5.79. The Balaban J connectivity index is 1.48. The molecule has 0 fully saturated rings. The van der Waals surface area contributed by atoms with Crippen LogP contribution in [0.3, 0.4) is 0 Å². The van der Waals surface area contributed by atoms with Gasteiger partial charge in [0.25, 0.3) is 0 Å². The topological polar surface area (TPSA) is 59.8 Å². The summed E-state index contributed by atoms with van der Waals surface area (Å²) in [6.07, 6.45) is 3.74. The summed E-state index contributed by atoms with van der Waals surface area (Å²) >= 11 is 0. The maximum absolute atomic E-state index is 12.8. The number of nitrogens with zero attached hydrogens (tertiary/aromatic N) is 3. The fourth-order valence-electron chi connectivity index (χ4n) is 4.20. The van der Waals surface area contributed by atoms with Gasteiger partial charge in [0.2, 0.25) is 5.91 Å². The van der Waals surface area contributed by atoms with Crippen LogP contribution in [0.4, 0.5) is 5.69 Å². The molecule has 164 valence electrons. The standard InChI is InChI=1S/C27H30N4O/c1-18(2)31-27-24(17-28-31)19(3)23(20(4)29-27)14-15-26(32)30-25-13-9-8-12-22(25)16-21-10-6-5-7-11-21/h5-13,17-18H,14-16H2,1-4H3,(H,30,32). The molecule has 5 heteroatoms. The van der Waals surface area contributed by atoms with Gasteiger partial charge in [-0.2, -0.15) is 5.10 Å². The Hall–Kier alpha value is -3.47. The smallest absolute Gasteiger partial charge is 0.224 e. The lowest BCUT2D eigenvalue weighted by Crippen LogP contribution is -2.15. The Kier molecular flexibility index (Phi) is 6.35. The van der Waals surface area contributed by atoms with Crippen molar-refractivity contribution in [3.8, 4) is 0 Å². The number of aryl methyl sites for hydroxylation is 2. The first-order chi connectivity index (χ1) is 15.4. The summed E-state index contributed by atoms with van der Waals surface area (Å²) in [5, 5.41) is 8.69. The minimum Gasteiger partial charge on any atom is -0.326 e. The zero-order valence-corrected chi connectivity index (χ0v) is 19.2. The lowest BCUT2D eigenvalue weighted by molar-refractivity contribution is -0.116. The molecule has 1 N–H and O–H groups in total. The molecule has 1 amide bonds. The molecule has 0 bridgehead atoms. The van der Waals surface area contributed by atoms with Gasteiger partial charge in [-0.3, -0.25) is 4.79 Å². The molecule has 0 aliphatic carbocycles. The Morgan fingerprint density at radius 2 is 1.75 bits per heavy atom. The maximum Gasteiger partial charge on any atom is 0.224 e. The first kappa shape index (κ1) is 21.8. The van der Waals surface area contributed by atoms with E-state index in [9.17, 15) is 4.79 Å². The summed E-state index contributed by atoms with van der Waals surface area (Å²) in [5.41, 5.74) is 7.39. The summed E-state index contributed by atoms with van der Waals surface area (Å²) in [6, 6.07) is 18.6. The predicted molar refractivity (Wildman–Crippen MR) is 130 cm³/mol. The first-order valence-electron chi connectivity index (χ1n) is 11.2. The van der Waals surface area contributed by atoms with E-state index >= 15 is 0 Å².